The molecule has 152 valence electrons. The third-order valence-electron chi connectivity index (χ3n) is 4.28. The first-order chi connectivity index (χ1) is 13.8. The normalized spacial score (nSPS) is 11.3. The molecule has 2 heterocycles. The molecule has 29 heavy (non-hydrogen) atoms. The lowest BCUT2D eigenvalue weighted by Crippen LogP contribution is -2.25. The molecule has 0 aliphatic carbocycles. The monoisotopic (exact) mass is 476 g/mol. The maximum absolute atomic E-state index is 12.0. The third-order valence-corrected chi connectivity index (χ3v) is 5.29. The number of nitrogens with one attached hydrogen (secondary N) is 2. The Morgan fingerprint density at radius 2 is 1.97 bits per heavy atom. The number of benzene rings is 1. The molecule has 0 spiro atoms. The van der Waals surface area contributed by atoms with Crippen molar-refractivity contribution in [2.45, 2.75) is 26.8 Å². The van der Waals surface area contributed by atoms with Gasteiger partial charge in [-0.15, -0.1) is 5.10 Å². The van der Waals surface area contributed by atoms with Gasteiger partial charge in [0.15, 0.2) is 0 Å². The summed E-state index contributed by atoms with van der Waals surface area (Å²) in [6.45, 7) is 5.14. The van der Waals surface area contributed by atoms with Crippen molar-refractivity contribution < 1.29 is 4.74 Å². The van der Waals surface area contributed by atoms with Crippen LogP contribution in [0.4, 0.5) is 5.69 Å². The fraction of sp³-hybridized carbons (Fsp3) is 0.286. The number of ether oxygens (including phenoxy) is 1. The van der Waals surface area contributed by atoms with Gasteiger partial charge in [0.2, 0.25) is 0 Å². The van der Waals surface area contributed by atoms with E-state index in [4.69, 9.17) is 16.3 Å². The highest BCUT2D eigenvalue weighted by atomic mass is 79.9. The standard InChI is InChI=1S/C21H22BrClN4O2/c1-21(2,10-14-5-7-16(23)8-6-14)13-29-20-18(17(22)19(28)26-27-20)25-12-15-4-3-9-24-11-15/h3-9,11H,10,12-13H2,1-2H3,(H2,25,26,28). The van der Waals surface area contributed by atoms with Crippen LogP contribution in [-0.2, 0) is 13.0 Å². The van der Waals surface area contributed by atoms with E-state index in [2.05, 4.69) is 50.3 Å². The van der Waals surface area contributed by atoms with E-state index < -0.39 is 0 Å². The molecule has 0 bridgehead atoms. The molecule has 2 aromatic heterocycles. The smallest absolute Gasteiger partial charge is 0.280 e. The van der Waals surface area contributed by atoms with E-state index in [1.807, 2.05) is 36.4 Å². The molecule has 0 saturated carbocycles. The van der Waals surface area contributed by atoms with E-state index in [1.165, 1.54) is 5.56 Å². The Bertz CT molecular complexity index is 1010. The van der Waals surface area contributed by atoms with E-state index in [9.17, 15) is 4.79 Å². The van der Waals surface area contributed by atoms with Gasteiger partial charge in [0, 0.05) is 29.4 Å². The first-order valence-corrected chi connectivity index (χ1v) is 10.3. The Kier molecular flexibility index (Phi) is 6.92. The summed E-state index contributed by atoms with van der Waals surface area (Å²) in [5.74, 6) is 0.338. The molecule has 0 unspecified atom stereocenters. The van der Waals surface area contributed by atoms with Gasteiger partial charge in [-0.1, -0.05) is 43.6 Å². The first-order valence-electron chi connectivity index (χ1n) is 9.12. The molecule has 0 fully saturated rings. The highest BCUT2D eigenvalue weighted by Gasteiger charge is 2.22. The summed E-state index contributed by atoms with van der Waals surface area (Å²) in [6, 6.07) is 11.6. The molecule has 0 atom stereocenters. The molecule has 1 aromatic carbocycles. The number of H-pyrrole nitrogens is 1. The van der Waals surface area contributed by atoms with Crippen LogP contribution in [0.3, 0.4) is 0 Å². The Hall–Kier alpha value is -2.38. The first kappa shape index (κ1) is 21.3. The summed E-state index contributed by atoms with van der Waals surface area (Å²) in [7, 11) is 0. The number of aromatic nitrogens is 3. The van der Waals surface area contributed by atoms with E-state index in [1.54, 1.807) is 12.4 Å². The summed E-state index contributed by atoms with van der Waals surface area (Å²) >= 11 is 9.30. The number of anilines is 1. The quantitative estimate of drug-likeness (QED) is 0.485. The highest BCUT2D eigenvalue weighted by molar-refractivity contribution is 9.10. The van der Waals surface area contributed by atoms with Crippen molar-refractivity contribution in [2.24, 2.45) is 5.41 Å². The van der Waals surface area contributed by atoms with Crippen LogP contribution in [0.5, 0.6) is 5.88 Å². The second-order valence-corrected chi connectivity index (χ2v) is 8.75. The maximum atomic E-state index is 12.0. The van der Waals surface area contributed by atoms with Crippen LogP contribution in [0, 0.1) is 5.41 Å². The Labute approximate surface area is 182 Å². The number of hydrogen-bond acceptors (Lipinski definition) is 5. The minimum Gasteiger partial charge on any atom is -0.475 e. The molecule has 6 nitrogen and oxygen atoms in total. The lowest BCUT2D eigenvalue weighted by atomic mass is 9.87. The second-order valence-electron chi connectivity index (χ2n) is 7.52. The number of nitrogens with zero attached hydrogens (tertiary/aromatic N) is 2. The highest BCUT2D eigenvalue weighted by Crippen LogP contribution is 2.30. The maximum Gasteiger partial charge on any atom is 0.280 e. The summed E-state index contributed by atoms with van der Waals surface area (Å²) < 4.78 is 6.36. The largest absolute Gasteiger partial charge is 0.475 e. The molecule has 0 amide bonds. The minimum absolute atomic E-state index is 0.154. The molecule has 3 rings (SSSR count). The van der Waals surface area contributed by atoms with Crippen molar-refractivity contribution in [2.75, 3.05) is 11.9 Å². The van der Waals surface area contributed by atoms with Gasteiger partial charge in [-0.3, -0.25) is 9.78 Å². The zero-order valence-electron chi connectivity index (χ0n) is 16.2. The molecule has 0 aliphatic heterocycles. The number of aromatic amines is 1. The Morgan fingerprint density at radius 1 is 1.21 bits per heavy atom. The van der Waals surface area contributed by atoms with E-state index in [-0.39, 0.29) is 11.0 Å². The topological polar surface area (TPSA) is 79.9 Å². The van der Waals surface area contributed by atoms with E-state index in [0.29, 0.717) is 29.2 Å². The summed E-state index contributed by atoms with van der Waals surface area (Å²) in [5.41, 5.74) is 2.19. The van der Waals surface area contributed by atoms with Crippen LogP contribution < -0.4 is 15.6 Å². The molecule has 3 aromatic rings. The summed E-state index contributed by atoms with van der Waals surface area (Å²) in [4.78, 5) is 16.1. The van der Waals surface area contributed by atoms with Gasteiger partial charge in [-0.2, -0.15) is 0 Å². The van der Waals surface area contributed by atoms with E-state index in [0.717, 1.165) is 17.0 Å². The lowest BCUT2D eigenvalue weighted by Gasteiger charge is -2.25. The fourth-order valence-electron chi connectivity index (χ4n) is 2.83. The van der Waals surface area contributed by atoms with Gasteiger partial charge in [-0.05, 0) is 51.7 Å². The Balaban J connectivity index is 1.71. The van der Waals surface area contributed by atoms with Gasteiger partial charge in [0.05, 0.1) is 6.61 Å². The average molecular weight is 478 g/mol. The molecule has 2 N–H and O–H groups in total. The number of hydrogen-bond donors (Lipinski definition) is 2. The van der Waals surface area contributed by atoms with Gasteiger partial charge >= 0.3 is 0 Å². The van der Waals surface area contributed by atoms with Crippen molar-refractivity contribution in [3.05, 3.63) is 79.8 Å². The van der Waals surface area contributed by atoms with Gasteiger partial charge in [0.1, 0.15) is 10.2 Å². The molecule has 8 heteroatoms. The Morgan fingerprint density at radius 3 is 2.66 bits per heavy atom. The SMILES string of the molecule is CC(C)(COc1n[nH]c(=O)c(Br)c1NCc1cccnc1)Cc1ccc(Cl)cc1. The molecule has 0 saturated heterocycles. The van der Waals surface area contributed by atoms with Crippen LogP contribution in [0.1, 0.15) is 25.0 Å². The summed E-state index contributed by atoms with van der Waals surface area (Å²) in [5, 5.41) is 10.5. The molecule has 0 aliphatic rings. The van der Waals surface area contributed by atoms with Crippen molar-refractivity contribution in [1.29, 1.82) is 0 Å². The van der Waals surface area contributed by atoms with Crippen molar-refractivity contribution in [3.8, 4) is 5.88 Å². The van der Waals surface area contributed by atoms with Crippen molar-refractivity contribution in [3.63, 3.8) is 0 Å². The second kappa shape index (κ2) is 9.41. The van der Waals surface area contributed by atoms with Gasteiger partial charge in [-0.25, -0.2) is 5.10 Å². The predicted octanol–water partition coefficient (Wildman–Crippen LogP) is 4.84. The fourth-order valence-corrected chi connectivity index (χ4v) is 3.36. The number of rotatable bonds is 8. The third kappa shape index (κ3) is 6.05. The lowest BCUT2D eigenvalue weighted by molar-refractivity contribution is 0.173. The molecule has 0 radical (unpaired) electrons. The molecular weight excluding hydrogens is 456 g/mol. The van der Waals surface area contributed by atoms with Crippen LogP contribution in [0.15, 0.2) is 58.1 Å². The van der Waals surface area contributed by atoms with Crippen molar-refractivity contribution >= 4 is 33.2 Å². The summed E-state index contributed by atoms with van der Waals surface area (Å²) in [6.07, 6.45) is 4.29. The van der Waals surface area contributed by atoms with Crippen LogP contribution in [-0.4, -0.2) is 21.8 Å². The van der Waals surface area contributed by atoms with E-state index >= 15 is 0 Å². The van der Waals surface area contributed by atoms with Crippen molar-refractivity contribution in [1.82, 2.24) is 15.2 Å². The number of halogens is 2. The van der Waals surface area contributed by atoms with Crippen LogP contribution >= 0.6 is 27.5 Å². The van der Waals surface area contributed by atoms with Crippen LogP contribution in [0.2, 0.25) is 5.02 Å². The zero-order chi connectivity index (χ0) is 20.9. The average Bonchev–Trinajstić information content (AvgIpc) is 2.70. The zero-order valence-corrected chi connectivity index (χ0v) is 18.5. The van der Waals surface area contributed by atoms with Gasteiger partial charge in [0.25, 0.3) is 11.4 Å². The minimum atomic E-state index is -0.327. The molecular formula is C21H22BrClN4O2. The van der Waals surface area contributed by atoms with Crippen LogP contribution in [0.25, 0.3) is 0 Å². The number of pyridine rings is 1. The predicted molar refractivity (Wildman–Crippen MR) is 119 cm³/mol. The van der Waals surface area contributed by atoms with Gasteiger partial charge < -0.3 is 10.1 Å².